The van der Waals surface area contributed by atoms with Crippen LogP contribution in [0.4, 0.5) is 5.69 Å². The van der Waals surface area contributed by atoms with Crippen LogP contribution in [0.1, 0.15) is 6.92 Å². The predicted molar refractivity (Wildman–Crippen MR) is 94.5 cm³/mol. The zero-order chi connectivity index (χ0) is 18.6. The minimum atomic E-state index is -3.91. The monoisotopic (exact) mass is 384 g/mol. The number of ether oxygens (including phenoxy) is 2. The highest BCUT2D eigenvalue weighted by atomic mass is 35.5. The third kappa shape index (κ3) is 5.09. The summed E-state index contributed by atoms with van der Waals surface area (Å²) in [6.45, 7) is 1.55. The van der Waals surface area contributed by atoms with Gasteiger partial charge in [-0.2, -0.15) is 0 Å². The average Bonchev–Trinajstić information content (AvgIpc) is 2.53. The molecular formula is C16H17ClN2O5S. The van der Waals surface area contributed by atoms with Crippen molar-refractivity contribution in [1.29, 1.82) is 0 Å². The Bertz CT molecular complexity index is 886. The van der Waals surface area contributed by atoms with E-state index in [-0.39, 0.29) is 16.3 Å². The van der Waals surface area contributed by atoms with Gasteiger partial charge in [-0.25, -0.2) is 13.6 Å². The fourth-order valence-corrected chi connectivity index (χ4v) is 2.71. The Morgan fingerprint density at radius 1 is 1.24 bits per heavy atom. The van der Waals surface area contributed by atoms with E-state index in [0.717, 1.165) is 0 Å². The van der Waals surface area contributed by atoms with Crippen LogP contribution in [0.25, 0.3) is 0 Å². The van der Waals surface area contributed by atoms with Crippen LogP contribution in [-0.4, -0.2) is 27.5 Å². The number of halogens is 1. The molecule has 3 N–H and O–H groups in total. The van der Waals surface area contributed by atoms with Crippen LogP contribution in [0.15, 0.2) is 47.4 Å². The smallest absolute Gasteiger partial charge is 0.265 e. The van der Waals surface area contributed by atoms with Crippen molar-refractivity contribution in [2.75, 3.05) is 12.4 Å². The molecule has 25 heavy (non-hydrogen) atoms. The van der Waals surface area contributed by atoms with E-state index in [1.165, 1.54) is 25.3 Å². The van der Waals surface area contributed by atoms with E-state index in [0.29, 0.717) is 10.8 Å². The van der Waals surface area contributed by atoms with Crippen molar-refractivity contribution in [2.45, 2.75) is 17.9 Å². The SMILES string of the molecule is COc1ccc(S(N)(=O)=O)cc1NC(=O)[C@@H](C)Oc1cccc(Cl)c1. The van der Waals surface area contributed by atoms with Gasteiger partial charge in [0.1, 0.15) is 11.5 Å². The highest BCUT2D eigenvalue weighted by Crippen LogP contribution is 2.27. The number of hydrogen-bond acceptors (Lipinski definition) is 5. The normalized spacial score (nSPS) is 12.3. The Morgan fingerprint density at radius 2 is 1.96 bits per heavy atom. The Hall–Kier alpha value is -2.29. The van der Waals surface area contributed by atoms with Crippen LogP contribution >= 0.6 is 11.6 Å². The topological polar surface area (TPSA) is 108 Å². The molecule has 0 radical (unpaired) electrons. The fraction of sp³-hybridized carbons (Fsp3) is 0.188. The first-order chi connectivity index (χ1) is 11.7. The number of carbonyl (C=O) groups excluding carboxylic acids is 1. The van der Waals surface area contributed by atoms with Gasteiger partial charge in [-0.1, -0.05) is 17.7 Å². The Morgan fingerprint density at radius 3 is 2.56 bits per heavy atom. The molecule has 1 amide bonds. The van der Waals surface area contributed by atoms with Crippen LogP contribution < -0.4 is 19.9 Å². The van der Waals surface area contributed by atoms with Gasteiger partial charge in [-0.3, -0.25) is 4.79 Å². The van der Waals surface area contributed by atoms with Gasteiger partial charge in [-0.05, 0) is 43.3 Å². The van der Waals surface area contributed by atoms with E-state index in [1.54, 1.807) is 31.2 Å². The number of rotatable bonds is 6. The Balaban J connectivity index is 2.18. The number of amides is 1. The van der Waals surface area contributed by atoms with E-state index in [9.17, 15) is 13.2 Å². The Labute approximate surface area is 150 Å². The first kappa shape index (κ1) is 19.0. The van der Waals surface area contributed by atoms with Crippen molar-refractivity contribution >= 4 is 33.2 Å². The molecule has 0 aliphatic carbocycles. The van der Waals surface area contributed by atoms with Crippen molar-refractivity contribution in [1.82, 2.24) is 0 Å². The summed E-state index contributed by atoms with van der Waals surface area (Å²) in [4.78, 5) is 12.2. The van der Waals surface area contributed by atoms with Gasteiger partial charge in [0.25, 0.3) is 5.91 Å². The maximum Gasteiger partial charge on any atom is 0.265 e. The summed E-state index contributed by atoms with van der Waals surface area (Å²) in [5.74, 6) is 0.223. The van der Waals surface area contributed by atoms with Crippen LogP contribution in [0.2, 0.25) is 5.02 Å². The number of carbonyl (C=O) groups is 1. The van der Waals surface area contributed by atoms with Crippen LogP contribution in [-0.2, 0) is 14.8 Å². The van der Waals surface area contributed by atoms with Gasteiger partial charge in [0, 0.05) is 5.02 Å². The minimum Gasteiger partial charge on any atom is -0.495 e. The molecule has 0 aromatic heterocycles. The van der Waals surface area contributed by atoms with E-state index in [2.05, 4.69) is 5.32 Å². The van der Waals surface area contributed by atoms with E-state index in [1.807, 2.05) is 0 Å². The average molecular weight is 385 g/mol. The molecule has 0 unspecified atom stereocenters. The van der Waals surface area contributed by atoms with Gasteiger partial charge in [0.2, 0.25) is 10.0 Å². The maximum atomic E-state index is 12.3. The summed E-state index contributed by atoms with van der Waals surface area (Å²) < 4.78 is 33.6. The molecular weight excluding hydrogens is 368 g/mol. The number of sulfonamides is 1. The molecule has 2 aromatic carbocycles. The van der Waals surface area contributed by atoms with Crippen molar-refractivity contribution in [3.05, 3.63) is 47.5 Å². The largest absolute Gasteiger partial charge is 0.495 e. The molecule has 0 bridgehead atoms. The molecule has 2 aromatic rings. The quantitative estimate of drug-likeness (QED) is 0.795. The molecule has 1 atom stereocenters. The van der Waals surface area contributed by atoms with Crippen molar-refractivity contribution < 1.29 is 22.7 Å². The first-order valence-corrected chi connectivity index (χ1v) is 9.07. The molecule has 0 saturated carbocycles. The molecule has 0 aliphatic heterocycles. The lowest BCUT2D eigenvalue weighted by Crippen LogP contribution is -2.30. The third-order valence-electron chi connectivity index (χ3n) is 3.24. The molecule has 0 saturated heterocycles. The molecule has 2 rings (SSSR count). The zero-order valence-corrected chi connectivity index (χ0v) is 15.1. The summed E-state index contributed by atoms with van der Waals surface area (Å²) in [7, 11) is -2.52. The molecule has 0 aliphatic rings. The highest BCUT2D eigenvalue weighted by molar-refractivity contribution is 7.89. The van der Waals surface area contributed by atoms with E-state index in [4.69, 9.17) is 26.2 Å². The number of benzene rings is 2. The second-order valence-electron chi connectivity index (χ2n) is 5.11. The molecule has 0 fully saturated rings. The fourth-order valence-electron chi connectivity index (χ4n) is 1.99. The summed E-state index contributed by atoms with van der Waals surface area (Å²) in [5, 5.41) is 8.15. The molecule has 0 spiro atoms. The van der Waals surface area contributed by atoms with Gasteiger partial charge >= 0.3 is 0 Å². The summed E-state index contributed by atoms with van der Waals surface area (Å²) in [6.07, 6.45) is -0.860. The van der Waals surface area contributed by atoms with Gasteiger partial charge < -0.3 is 14.8 Å². The third-order valence-corrected chi connectivity index (χ3v) is 4.38. The highest BCUT2D eigenvalue weighted by Gasteiger charge is 2.19. The number of hydrogen-bond donors (Lipinski definition) is 2. The standard InChI is InChI=1S/C16H17ClN2O5S/c1-10(24-12-5-3-4-11(17)8-12)16(20)19-14-9-13(25(18,21)22)6-7-15(14)23-2/h3-10H,1-2H3,(H,19,20)(H2,18,21,22)/t10-/m1/s1. The van der Waals surface area contributed by atoms with Crippen LogP contribution in [0.3, 0.4) is 0 Å². The molecule has 9 heteroatoms. The van der Waals surface area contributed by atoms with Crippen LogP contribution in [0.5, 0.6) is 11.5 Å². The number of primary sulfonamides is 1. The lowest BCUT2D eigenvalue weighted by atomic mass is 10.2. The van der Waals surface area contributed by atoms with Crippen molar-refractivity contribution in [3.63, 3.8) is 0 Å². The summed E-state index contributed by atoms with van der Waals surface area (Å²) >= 11 is 5.87. The summed E-state index contributed by atoms with van der Waals surface area (Å²) in [5.41, 5.74) is 0.167. The lowest BCUT2D eigenvalue weighted by Gasteiger charge is -2.16. The van der Waals surface area contributed by atoms with Gasteiger partial charge in [0.15, 0.2) is 6.10 Å². The second-order valence-corrected chi connectivity index (χ2v) is 7.11. The van der Waals surface area contributed by atoms with E-state index >= 15 is 0 Å². The van der Waals surface area contributed by atoms with Crippen LogP contribution in [0, 0.1) is 0 Å². The van der Waals surface area contributed by atoms with Gasteiger partial charge in [0.05, 0.1) is 17.7 Å². The molecule has 134 valence electrons. The number of methoxy groups -OCH3 is 1. The minimum absolute atomic E-state index is 0.146. The van der Waals surface area contributed by atoms with Crippen molar-refractivity contribution in [3.8, 4) is 11.5 Å². The lowest BCUT2D eigenvalue weighted by molar-refractivity contribution is -0.122. The Kier molecular flexibility index (Phi) is 5.89. The zero-order valence-electron chi connectivity index (χ0n) is 13.5. The maximum absolute atomic E-state index is 12.3. The summed E-state index contributed by atoms with van der Waals surface area (Å²) in [6, 6.07) is 10.5. The number of nitrogens with one attached hydrogen (secondary N) is 1. The predicted octanol–water partition coefficient (Wildman–Crippen LogP) is 2.40. The second kappa shape index (κ2) is 7.73. The first-order valence-electron chi connectivity index (χ1n) is 7.14. The molecule has 7 nitrogen and oxygen atoms in total. The van der Waals surface area contributed by atoms with E-state index < -0.39 is 22.0 Å². The van der Waals surface area contributed by atoms with Gasteiger partial charge in [-0.15, -0.1) is 0 Å². The van der Waals surface area contributed by atoms with Crippen molar-refractivity contribution in [2.24, 2.45) is 5.14 Å². The number of nitrogens with two attached hydrogens (primary N) is 1. The molecule has 0 heterocycles. The number of anilines is 1.